The molecule has 0 amide bonds. The van der Waals surface area contributed by atoms with Crippen LogP contribution in [0, 0.1) is 5.92 Å². The van der Waals surface area contributed by atoms with Gasteiger partial charge in [0, 0.05) is 13.0 Å². The molecule has 1 saturated heterocycles. The van der Waals surface area contributed by atoms with Crippen LogP contribution >= 0.6 is 0 Å². The van der Waals surface area contributed by atoms with Crippen molar-refractivity contribution < 1.29 is 9.84 Å². The molecule has 2 atom stereocenters. The number of ether oxygens (including phenoxy) is 1. The van der Waals surface area contributed by atoms with Crippen molar-refractivity contribution >= 4 is 0 Å². The molecular formula is C11H22O2. The molecule has 0 aromatic rings. The smallest absolute Gasteiger partial charge is 0.0691 e. The van der Waals surface area contributed by atoms with Gasteiger partial charge in [-0.3, -0.25) is 0 Å². The van der Waals surface area contributed by atoms with Gasteiger partial charge in [0.15, 0.2) is 0 Å². The maximum absolute atomic E-state index is 10.1. The lowest BCUT2D eigenvalue weighted by Gasteiger charge is -2.36. The van der Waals surface area contributed by atoms with Crippen LogP contribution in [0.3, 0.4) is 0 Å². The van der Waals surface area contributed by atoms with Crippen LogP contribution in [-0.2, 0) is 4.74 Å². The van der Waals surface area contributed by atoms with Crippen molar-refractivity contribution in [1.82, 2.24) is 0 Å². The van der Waals surface area contributed by atoms with Crippen LogP contribution in [0.1, 0.15) is 46.5 Å². The van der Waals surface area contributed by atoms with Crippen molar-refractivity contribution in [3.63, 3.8) is 0 Å². The highest BCUT2D eigenvalue weighted by atomic mass is 16.5. The van der Waals surface area contributed by atoms with Crippen LogP contribution in [0.15, 0.2) is 0 Å². The van der Waals surface area contributed by atoms with Gasteiger partial charge >= 0.3 is 0 Å². The van der Waals surface area contributed by atoms with Gasteiger partial charge in [0.05, 0.1) is 11.7 Å². The van der Waals surface area contributed by atoms with Crippen molar-refractivity contribution in [3.8, 4) is 0 Å². The molecule has 0 radical (unpaired) electrons. The summed E-state index contributed by atoms with van der Waals surface area (Å²) >= 11 is 0. The molecule has 2 heteroatoms. The zero-order valence-corrected chi connectivity index (χ0v) is 9.05. The molecule has 1 heterocycles. The number of hydrogen-bond donors (Lipinski definition) is 1. The highest BCUT2D eigenvalue weighted by Gasteiger charge is 2.33. The standard InChI is InChI=1S/C11H22O2/c1-4-11(12)5-6-13-10(8-11)7-9(2)3/h9-10,12H,4-8H2,1-3H3. The van der Waals surface area contributed by atoms with E-state index in [4.69, 9.17) is 4.74 Å². The Labute approximate surface area is 81.3 Å². The minimum atomic E-state index is -0.447. The quantitative estimate of drug-likeness (QED) is 0.733. The average Bonchev–Trinajstić information content (AvgIpc) is 2.03. The molecule has 0 aromatic carbocycles. The Morgan fingerprint density at radius 1 is 1.54 bits per heavy atom. The minimum Gasteiger partial charge on any atom is -0.390 e. The van der Waals surface area contributed by atoms with E-state index in [0.717, 1.165) is 32.3 Å². The van der Waals surface area contributed by atoms with E-state index >= 15 is 0 Å². The second-order valence-electron chi connectivity index (χ2n) is 4.65. The molecule has 0 spiro atoms. The van der Waals surface area contributed by atoms with Gasteiger partial charge in [-0.15, -0.1) is 0 Å². The Morgan fingerprint density at radius 3 is 2.77 bits per heavy atom. The number of hydrogen-bond acceptors (Lipinski definition) is 2. The first-order valence-corrected chi connectivity index (χ1v) is 5.40. The van der Waals surface area contributed by atoms with Gasteiger partial charge in [0.25, 0.3) is 0 Å². The third-order valence-corrected chi connectivity index (χ3v) is 2.92. The Morgan fingerprint density at radius 2 is 2.23 bits per heavy atom. The fourth-order valence-corrected chi connectivity index (χ4v) is 2.00. The second kappa shape index (κ2) is 4.43. The maximum atomic E-state index is 10.1. The molecule has 0 aromatic heterocycles. The Hall–Kier alpha value is -0.0800. The van der Waals surface area contributed by atoms with Crippen LogP contribution in [-0.4, -0.2) is 23.4 Å². The third kappa shape index (κ3) is 3.28. The third-order valence-electron chi connectivity index (χ3n) is 2.92. The van der Waals surface area contributed by atoms with E-state index in [9.17, 15) is 5.11 Å². The lowest BCUT2D eigenvalue weighted by molar-refractivity contribution is -0.109. The van der Waals surface area contributed by atoms with E-state index in [0.29, 0.717) is 5.92 Å². The molecule has 13 heavy (non-hydrogen) atoms. The highest BCUT2D eigenvalue weighted by molar-refractivity contribution is 4.84. The molecular weight excluding hydrogens is 164 g/mol. The molecule has 2 unspecified atom stereocenters. The summed E-state index contributed by atoms with van der Waals surface area (Å²) in [5.41, 5.74) is -0.447. The van der Waals surface area contributed by atoms with E-state index < -0.39 is 5.60 Å². The fraction of sp³-hybridized carbons (Fsp3) is 1.00. The molecule has 0 bridgehead atoms. The highest BCUT2D eigenvalue weighted by Crippen LogP contribution is 2.30. The monoisotopic (exact) mass is 186 g/mol. The first-order chi connectivity index (χ1) is 6.06. The van der Waals surface area contributed by atoms with Crippen molar-refractivity contribution in [2.45, 2.75) is 58.2 Å². The van der Waals surface area contributed by atoms with Gasteiger partial charge in [-0.25, -0.2) is 0 Å². The Balaban J connectivity index is 2.42. The molecule has 0 saturated carbocycles. The maximum Gasteiger partial charge on any atom is 0.0691 e. The van der Waals surface area contributed by atoms with Gasteiger partial charge in [-0.05, 0) is 25.2 Å². The first kappa shape index (κ1) is 11.0. The van der Waals surface area contributed by atoms with E-state index in [1.54, 1.807) is 0 Å². The van der Waals surface area contributed by atoms with Crippen LogP contribution in [0.5, 0.6) is 0 Å². The normalized spacial score (nSPS) is 35.3. The van der Waals surface area contributed by atoms with Crippen LogP contribution in [0.4, 0.5) is 0 Å². The van der Waals surface area contributed by atoms with Gasteiger partial charge in [0.1, 0.15) is 0 Å². The van der Waals surface area contributed by atoms with Gasteiger partial charge in [0.2, 0.25) is 0 Å². The number of aliphatic hydroxyl groups is 1. The van der Waals surface area contributed by atoms with Crippen molar-refractivity contribution in [1.29, 1.82) is 0 Å². The Bertz CT molecular complexity index is 156. The predicted octanol–water partition coefficient (Wildman–Crippen LogP) is 2.35. The molecule has 78 valence electrons. The van der Waals surface area contributed by atoms with E-state index in [2.05, 4.69) is 20.8 Å². The summed E-state index contributed by atoms with van der Waals surface area (Å²) in [5.74, 6) is 0.657. The summed E-state index contributed by atoms with van der Waals surface area (Å²) in [6.07, 6.45) is 3.83. The number of rotatable bonds is 3. The molecule has 1 rings (SSSR count). The lowest BCUT2D eigenvalue weighted by Crippen LogP contribution is -2.40. The Kier molecular flexibility index (Phi) is 3.74. The minimum absolute atomic E-state index is 0.277. The molecule has 2 nitrogen and oxygen atoms in total. The van der Waals surface area contributed by atoms with E-state index in [-0.39, 0.29) is 6.10 Å². The average molecular weight is 186 g/mol. The van der Waals surface area contributed by atoms with Crippen LogP contribution in [0.2, 0.25) is 0 Å². The summed E-state index contributed by atoms with van der Waals surface area (Å²) in [7, 11) is 0. The van der Waals surface area contributed by atoms with E-state index in [1.807, 2.05) is 0 Å². The van der Waals surface area contributed by atoms with Crippen molar-refractivity contribution in [3.05, 3.63) is 0 Å². The summed E-state index contributed by atoms with van der Waals surface area (Å²) in [4.78, 5) is 0. The summed E-state index contributed by atoms with van der Waals surface area (Å²) in [6.45, 7) is 7.17. The van der Waals surface area contributed by atoms with Gasteiger partial charge in [-0.1, -0.05) is 20.8 Å². The van der Waals surface area contributed by atoms with E-state index in [1.165, 1.54) is 0 Å². The molecule has 0 aliphatic carbocycles. The summed E-state index contributed by atoms with van der Waals surface area (Å²) < 4.78 is 5.63. The molecule has 1 fully saturated rings. The summed E-state index contributed by atoms with van der Waals surface area (Å²) in [6, 6.07) is 0. The fourth-order valence-electron chi connectivity index (χ4n) is 2.00. The largest absolute Gasteiger partial charge is 0.390 e. The first-order valence-electron chi connectivity index (χ1n) is 5.40. The van der Waals surface area contributed by atoms with Crippen molar-refractivity contribution in [2.75, 3.05) is 6.61 Å². The molecule has 1 N–H and O–H groups in total. The van der Waals surface area contributed by atoms with Crippen LogP contribution in [0.25, 0.3) is 0 Å². The topological polar surface area (TPSA) is 29.5 Å². The lowest BCUT2D eigenvalue weighted by atomic mass is 9.85. The van der Waals surface area contributed by atoms with Gasteiger partial charge < -0.3 is 9.84 Å². The van der Waals surface area contributed by atoms with Crippen molar-refractivity contribution in [2.24, 2.45) is 5.92 Å². The molecule has 1 aliphatic rings. The molecule has 1 aliphatic heterocycles. The zero-order valence-electron chi connectivity index (χ0n) is 9.05. The summed E-state index contributed by atoms with van der Waals surface area (Å²) in [5, 5.41) is 10.1. The van der Waals surface area contributed by atoms with Gasteiger partial charge in [-0.2, -0.15) is 0 Å². The predicted molar refractivity (Wildman–Crippen MR) is 53.7 cm³/mol. The van der Waals surface area contributed by atoms with Crippen LogP contribution < -0.4 is 0 Å². The second-order valence-corrected chi connectivity index (χ2v) is 4.65. The SMILES string of the molecule is CCC1(O)CCOC(CC(C)C)C1. The zero-order chi connectivity index (χ0) is 9.90.